The van der Waals surface area contributed by atoms with Crippen LogP contribution in [0.5, 0.6) is 17.2 Å². The van der Waals surface area contributed by atoms with E-state index in [1.807, 2.05) is 0 Å². The van der Waals surface area contributed by atoms with Crippen molar-refractivity contribution in [2.45, 2.75) is 33.1 Å². The van der Waals surface area contributed by atoms with Gasteiger partial charge in [-0.2, -0.15) is 0 Å². The second kappa shape index (κ2) is 12.0. The molecule has 2 aromatic carbocycles. The van der Waals surface area contributed by atoms with Gasteiger partial charge in [-0.25, -0.2) is 4.79 Å². The van der Waals surface area contributed by atoms with Crippen molar-refractivity contribution in [1.82, 2.24) is 0 Å². The minimum absolute atomic E-state index is 0.0457. The number of benzene rings is 2. The smallest absolute Gasteiger partial charge is 0.371 e. The summed E-state index contributed by atoms with van der Waals surface area (Å²) in [6.07, 6.45) is 3.94. The number of aliphatic carboxylic acids is 1. The summed E-state index contributed by atoms with van der Waals surface area (Å²) in [4.78, 5) is 11.3. The van der Waals surface area contributed by atoms with Gasteiger partial charge in [-0.05, 0) is 54.8 Å². The number of phenols is 1. The van der Waals surface area contributed by atoms with Crippen molar-refractivity contribution in [1.29, 1.82) is 0 Å². The van der Waals surface area contributed by atoms with Gasteiger partial charge in [0.25, 0.3) is 0 Å². The summed E-state index contributed by atoms with van der Waals surface area (Å²) in [5.74, 6) is -0.0963. The number of ether oxygens (including phenoxy) is 3. The van der Waals surface area contributed by atoms with Gasteiger partial charge in [0.05, 0.1) is 24.8 Å². The van der Waals surface area contributed by atoms with Gasteiger partial charge in [-0.3, -0.25) is 0 Å². The van der Waals surface area contributed by atoms with Gasteiger partial charge in [0.2, 0.25) is 5.76 Å². The molecule has 0 amide bonds. The van der Waals surface area contributed by atoms with Crippen molar-refractivity contribution in [3.63, 3.8) is 0 Å². The molecule has 0 radical (unpaired) electrons. The Morgan fingerprint density at radius 2 is 1.83 bits per heavy atom. The van der Waals surface area contributed by atoms with E-state index in [0.29, 0.717) is 41.7 Å². The number of halogens is 1. The van der Waals surface area contributed by atoms with E-state index >= 15 is 0 Å². The lowest BCUT2D eigenvalue weighted by Gasteiger charge is -2.14. The van der Waals surface area contributed by atoms with Gasteiger partial charge in [0, 0.05) is 6.42 Å². The standard InChI is InChI=1S/C23H27ClO6/c1-3-5-11-29-21-14-17(15-22(23(26)27)28-4-2)7-9-20(21)30-12-10-16-6-8-19(25)18(24)13-16/h6-9,13-15,25H,3-5,10-12H2,1-2H3,(H,26,27)/b22-15+. The van der Waals surface area contributed by atoms with Crippen LogP contribution in [0.1, 0.15) is 37.8 Å². The number of carboxylic acids is 1. The van der Waals surface area contributed by atoms with Crippen LogP contribution in [0.25, 0.3) is 6.08 Å². The molecular formula is C23H27ClO6. The maximum Gasteiger partial charge on any atom is 0.371 e. The Balaban J connectivity index is 2.15. The van der Waals surface area contributed by atoms with Crippen LogP contribution in [0.4, 0.5) is 0 Å². The molecule has 2 aromatic rings. The zero-order valence-corrected chi connectivity index (χ0v) is 17.9. The van der Waals surface area contributed by atoms with Crippen molar-refractivity contribution in [3.8, 4) is 17.2 Å². The lowest BCUT2D eigenvalue weighted by atomic mass is 10.1. The molecule has 0 atom stereocenters. The maximum atomic E-state index is 11.3. The molecule has 162 valence electrons. The molecular weight excluding hydrogens is 408 g/mol. The SMILES string of the molecule is CCCCOc1cc(/C=C(/OCC)C(=O)O)ccc1OCCc1ccc(O)c(Cl)c1. The van der Waals surface area contributed by atoms with Crippen LogP contribution >= 0.6 is 11.6 Å². The molecule has 0 saturated carbocycles. The largest absolute Gasteiger partial charge is 0.506 e. The fourth-order valence-electron chi connectivity index (χ4n) is 2.63. The van der Waals surface area contributed by atoms with E-state index in [9.17, 15) is 15.0 Å². The quantitative estimate of drug-likeness (QED) is 0.267. The molecule has 6 nitrogen and oxygen atoms in total. The van der Waals surface area contributed by atoms with Crippen LogP contribution in [0.15, 0.2) is 42.2 Å². The molecule has 0 aromatic heterocycles. The molecule has 0 spiro atoms. The normalized spacial score (nSPS) is 11.2. The highest BCUT2D eigenvalue weighted by Gasteiger charge is 2.11. The molecule has 0 aliphatic carbocycles. The summed E-state index contributed by atoms with van der Waals surface area (Å²) in [5.41, 5.74) is 1.58. The van der Waals surface area contributed by atoms with E-state index in [4.69, 9.17) is 25.8 Å². The Morgan fingerprint density at radius 3 is 2.50 bits per heavy atom. The van der Waals surface area contributed by atoms with Crippen molar-refractivity contribution in [2.75, 3.05) is 19.8 Å². The zero-order valence-electron chi connectivity index (χ0n) is 17.2. The maximum absolute atomic E-state index is 11.3. The topological polar surface area (TPSA) is 85.2 Å². The van der Waals surface area contributed by atoms with E-state index < -0.39 is 5.97 Å². The van der Waals surface area contributed by atoms with Crippen LogP contribution in [0, 0.1) is 0 Å². The average Bonchev–Trinajstić information content (AvgIpc) is 2.72. The highest BCUT2D eigenvalue weighted by Crippen LogP contribution is 2.30. The van der Waals surface area contributed by atoms with E-state index in [1.54, 1.807) is 43.3 Å². The Kier molecular flexibility index (Phi) is 9.35. The van der Waals surface area contributed by atoms with Crippen LogP contribution in [0.3, 0.4) is 0 Å². The number of aromatic hydroxyl groups is 1. The van der Waals surface area contributed by atoms with Crippen molar-refractivity contribution < 1.29 is 29.2 Å². The first-order valence-electron chi connectivity index (χ1n) is 9.89. The minimum Gasteiger partial charge on any atom is -0.506 e. The predicted molar refractivity (Wildman–Crippen MR) is 116 cm³/mol. The summed E-state index contributed by atoms with van der Waals surface area (Å²) >= 11 is 5.94. The predicted octanol–water partition coefficient (Wildman–Crippen LogP) is 5.31. The third kappa shape index (κ3) is 7.19. The number of hydrogen-bond acceptors (Lipinski definition) is 5. The molecule has 0 aliphatic heterocycles. The molecule has 0 unspecified atom stereocenters. The van der Waals surface area contributed by atoms with Gasteiger partial charge < -0.3 is 24.4 Å². The second-order valence-electron chi connectivity index (χ2n) is 6.54. The molecule has 0 heterocycles. The van der Waals surface area contributed by atoms with Gasteiger partial charge in [0.1, 0.15) is 5.75 Å². The van der Waals surface area contributed by atoms with Crippen LogP contribution in [-0.4, -0.2) is 36.0 Å². The number of carbonyl (C=O) groups is 1. The molecule has 7 heteroatoms. The minimum atomic E-state index is -1.13. The highest BCUT2D eigenvalue weighted by atomic mass is 35.5. The Hall–Kier alpha value is -2.86. The van der Waals surface area contributed by atoms with Gasteiger partial charge in [0.15, 0.2) is 11.5 Å². The lowest BCUT2D eigenvalue weighted by molar-refractivity contribution is -0.136. The third-order valence-electron chi connectivity index (χ3n) is 4.19. The first-order valence-corrected chi connectivity index (χ1v) is 10.3. The zero-order chi connectivity index (χ0) is 21.9. The molecule has 2 rings (SSSR count). The van der Waals surface area contributed by atoms with E-state index in [1.165, 1.54) is 6.08 Å². The summed E-state index contributed by atoms with van der Waals surface area (Å²) in [5, 5.41) is 19.1. The third-order valence-corrected chi connectivity index (χ3v) is 4.49. The number of rotatable bonds is 12. The molecule has 0 saturated heterocycles. The fourth-order valence-corrected chi connectivity index (χ4v) is 2.83. The molecule has 30 heavy (non-hydrogen) atoms. The monoisotopic (exact) mass is 434 g/mol. The van der Waals surface area contributed by atoms with E-state index in [0.717, 1.165) is 18.4 Å². The van der Waals surface area contributed by atoms with Gasteiger partial charge in [-0.1, -0.05) is 37.1 Å². The molecule has 0 fully saturated rings. The van der Waals surface area contributed by atoms with Gasteiger partial charge >= 0.3 is 5.97 Å². The fraction of sp³-hybridized carbons (Fsp3) is 0.348. The molecule has 2 N–H and O–H groups in total. The number of phenolic OH excluding ortho intramolecular Hbond substituents is 1. The van der Waals surface area contributed by atoms with E-state index in [-0.39, 0.29) is 18.1 Å². The Bertz CT molecular complexity index is 878. The summed E-state index contributed by atoms with van der Waals surface area (Å²) in [6.45, 7) is 4.99. The second-order valence-corrected chi connectivity index (χ2v) is 6.95. The van der Waals surface area contributed by atoms with Crippen LogP contribution < -0.4 is 9.47 Å². The number of hydrogen-bond donors (Lipinski definition) is 2. The summed E-state index contributed by atoms with van der Waals surface area (Å²) < 4.78 is 16.9. The van der Waals surface area contributed by atoms with Crippen molar-refractivity contribution in [2.24, 2.45) is 0 Å². The van der Waals surface area contributed by atoms with Crippen LogP contribution in [0.2, 0.25) is 5.02 Å². The number of carboxylic acid groups (broad SMARTS) is 1. The summed E-state index contributed by atoms with van der Waals surface area (Å²) in [6, 6.07) is 10.3. The summed E-state index contributed by atoms with van der Waals surface area (Å²) in [7, 11) is 0. The van der Waals surface area contributed by atoms with E-state index in [2.05, 4.69) is 6.92 Å². The van der Waals surface area contributed by atoms with Crippen LogP contribution in [-0.2, 0) is 16.0 Å². The molecule has 0 bridgehead atoms. The first-order chi connectivity index (χ1) is 14.4. The first kappa shape index (κ1) is 23.4. The Labute approximate surface area is 181 Å². The Morgan fingerprint density at radius 1 is 1.07 bits per heavy atom. The average molecular weight is 435 g/mol. The molecule has 0 aliphatic rings. The highest BCUT2D eigenvalue weighted by molar-refractivity contribution is 6.32. The van der Waals surface area contributed by atoms with Crippen molar-refractivity contribution in [3.05, 3.63) is 58.3 Å². The lowest BCUT2D eigenvalue weighted by Crippen LogP contribution is -2.06. The van der Waals surface area contributed by atoms with Crippen molar-refractivity contribution >= 4 is 23.6 Å². The number of unbranched alkanes of at least 4 members (excludes halogenated alkanes) is 1. The van der Waals surface area contributed by atoms with Gasteiger partial charge in [-0.15, -0.1) is 0 Å².